The molecule has 1 saturated heterocycles. The average molecular weight is 389 g/mol. The van der Waals surface area contributed by atoms with Crippen molar-refractivity contribution in [2.75, 3.05) is 26.2 Å². The number of benzene rings is 2. The van der Waals surface area contributed by atoms with E-state index in [0.29, 0.717) is 0 Å². The normalized spacial score (nSPS) is 14.3. The topological polar surface area (TPSA) is 38.5 Å². The van der Waals surface area contributed by atoms with Crippen LogP contribution in [0.4, 0.5) is 0 Å². The number of amides is 1. The van der Waals surface area contributed by atoms with Gasteiger partial charge in [-0.3, -0.25) is 4.79 Å². The van der Waals surface area contributed by atoms with E-state index in [9.17, 15) is 4.79 Å². The van der Waals surface area contributed by atoms with E-state index in [1.807, 2.05) is 31.2 Å². The minimum absolute atomic E-state index is 0.0177. The van der Waals surface area contributed by atoms with Gasteiger partial charge in [0.1, 0.15) is 0 Å². The zero-order chi connectivity index (χ0) is 20.2. The summed E-state index contributed by atoms with van der Waals surface area (Å²) in [7, 11) is 0. The van der Waals surface area contributed by atoms with Gasteiger partial charge in [-0.05, 0) is 37.6 Å². The molecular weight excluding hydrogens is 358 g/mol. The van der Waals surface area contributed by atoms with E-state index in [2.05, 4.69) is 53.2 Å². The molecule has 1 fully saturated rings. The summed E-state index contributed by atoms with van der Waals surface area (Å²) < 4.78 is 2.19. The van der Waals surface area contributed by atoms with Crippen LogP contribution in [0, 0.1) is 13.8 Å². The molecule has 0 radical (unpaired) electrons. The summed E-state index contributed by atoms with van der Waals surface area (Å²) >= 11 is 0. The minimum atomic E-state index is 0.0177. The summed E-state index contributed by atoms with van der Waals surface area (Å²) in [4.78, 5) is 14.6. The van der Waals surface area contributed by atoms with Crippen LogP contribution in [0.1, 0.15) is 34.5 Å². The molecule has 4 nitrogen and oxygen atoms in total. The summed E-state index contributed by atoms with van der Waals surface area (Å²) in [6.45, 7) is 8.32. The number of aryl methyl sites for hydroxylation is 1. The standard InChI is InChI=1S/C25H29N3O/c1-19-10-12-22(13-11-19)28-20(2)23(18-24(28)21-8-4-3-5-9-21)25(29)26-14-17-27-15-6-7-16-27/h3-5,8-13,18H,6-7,14-17H2,1-2H3,(H,26,29)/p+1. The van der Waals surface area contributed by atoms with E-state index in [0.717, 1.165) is 41.3 Å². The first-order chi connectivity index (χ1) is 14.1. The van der Waals surface area contributed by atoms with Crippen molar-refractivity contribution in [3.8, 4) is 16.9 Å². The van der Waals surface area contributed by atoms with E-state index in [-0.39, 0.29) is 5.91 Å². The number of nitrogens with one attached hydrogen (secondary N) is 2. The molecule has 1 aliphatic rings. The maximum atomic E-state index is 13.0. The maximum Gasteiger partial charge on any atom is 0.253 e. The summed E-state index contributed by atoms with van der Waals surface area (Å²) in [5, 5.41) is 3.15. The fourth-order valence-electron chi connectivity index (χ4n) is 4.26. The van der Waals surface area contributed by atoms with Crippen molar-refractivity contribution in [2.24, 2.45) is 0 Å². The van der Waals surface area contributed by atoms with Crippen LogP contribution in [0.5, 0.6) is 0 Å². The highest BCUT2D eigenvalue weighted by Crippen LogP contribution is 2.29. The zero-order valence-electron chi connectivity index (χ0n) is 17.4. The number of carbonyl (C=O) groups is 1. The molecule has 2 aromatic carbocycles. The Balaban J connectivity index is 1.64. The van der Waals surface area contributed by atoms with Crippen LogP contribution in [0.2, 0.25) is 0 Å². The van der Waals surface area contributed by atoms with Crippen LogP contribution in [-0.4, -0.2) is 36.7 Å². The van der Waals surface area contributed by atoms with Crippen molar-refractivity contribution >= 4 is 5.91 Å². The molecule has 4 heteroatoms. The van der Waals surface area contributed by atoms with Gasteiger partial charge < -0.3 is 14.8 Å². The molecule has 0 atom stereocenters. The number of hydrogen-bond donors (Lipinski definition) is 2. The summed E-state index contributed by atoms with van der Waals surface area (Å²) in [5.41, 5.74) is 6.17. The minimum Gasteiger partial charge on any atom is -0.346 e. The van der Waals surface area contributed by atoms with Crippen molar-refractivity contribution in [2.45, 2.75) is 26.7 Å². The van der Waals surface area contributed by atoms with Crippen LogP contribution >= 0.6 is 0 Å². The fourth-order valence-corrected chi connectivity index (χ4v) is 4.26. The first-order valence-corrected chi connectivity index (χ1v) is 10.6. The van der Waals surface area contributed by atoms with E-state index >= 15 is 0 Å². The average Bonchev–Trinajstić information content (AvgIpc) is 3.37. The highest BCUT2D eigenvalue weighted by molar-refractivity contribution is 5.97. The van der Waals surface area contributed by atoms with E-state index in [1.54, 1.807) is 4.90 Å². The molecule has 1 aromatic heterocycles. The second kappa shape index (κ2) is 8.66. The monoisotopic (exact) mass is 388 g/mol. The molecule has 2 N–H and O–H groups in total. The van der Waals surface area contributed by atoms with Crippen LogP contribution in [-0.2, 0) is 0 Å². The smallest absolute Gasteiger partial charge is 0.253 e. The van der Waals surface area contributed by atoms with Crippen molar-refractivity contribution in [3.05, 3.63) is 77.5 Å². The van der Waals surface area contributed by atoms with Gasteiger partial charge in [-0.1, -0.05) is 48.0 Å². The van der Waals surface area contributed by atoms with Crippen LogP contribution < -0.4 is 10.2 Å². The van der Waals surface area contributed by atoms with Crippen LogP contribution in [0.25, 0.3) is 16.9 Å². The Hall–Kier alpha value is -2.85. The molecule has 1 aliphatic heterocycles. The van der Waals surface area contributed by atoms with E-state index in [1.165, 1.54) is 31.5 Å². The molecule has 2 heterocycles. The van der Waals surface area contributed by atoms with Gasteiger partial charge in [0.05, 0.1) is 37.4 Å². The molecule has 29 heavy (non-hydrogen) atoms. The zero-order valence-corrected chi connectivity index (χ0v) is 17.4. The van der Waals surface area contributed by atoms with E-state index < -0.39 is 0 Å². The van der Waals surface area contributed by atoms with Gasteiger partial charge in [-0.15, -0.1) is 0 Å². The van der Waals surface area contributed by atoms with Crippen molar-refractivity contribution in [3.63, 3.8) is 0 Å². The van der Waals surface area contributed by atoms with E-state index in [4.69, 9.17) is 0 Å². The lowest BCUT2D eigenvalue weighted by Crippen LogP contribution is -3.10. The molecule has 0 unspecified atom stereocenters. The van der Waals surface area contributed by atoms with Gasteiger partial charge >= 0.3 is 0 Å². The number of nitrogens with zero attached hydrogens (tertiary/aromatic N) is 1. The summed E-state index contributed by atoms with van der Waals surface area (Å²) in [5.74, 6) is 0.0177. The molecule has 0 spiro atoms. The number of hydrogen-bond acceptors (Lipinski definition) is 1. The number of aromatic nitrogens is 1. The number of quaternary nitrogens is 1. The molecule has 1 amide bonds. The Labute approximate surface area is 173 Å². The second-order valence-corrected chi connectivity index (χ2v) is 8.03. The number of carbonyl (C=O) groups excluding carboxylic acids is 1. The lowest BCUT2D eigenvalue weighted by Gasteiger charge is -2.13. The van der Waals surface area contributed by atoms with Crippen molar-refractivity contribution < 1.29 is 9.69 Å². The van der Waals surface area contributed by atoms with Crippen LogP contribution in [0.15, 0.2) is 60.7 Å². The maximum absolute atomic E-state index is 13.0. The van der Waals surface area contributed by atoms with Gasteiger partial charge in [0.15, 0.2) is 0 Å². The van der Waals surface area contributed by atoms with Gasteiger partial charge in [0.2, 0.25) is 0 Å². The Kier molecular flexibility index (Phi) is 5.81. The van der Waals surface area contributed by atoms with Gasteiger partial charge in [-0.2, -0.15) is 0 Å². The number of rotatable bonds is 6. The van der Waals surface area contributed by atoms with Crippen molar-refractivity contribution in [1.29, 1.82) is 0 Å². The number of likely N-dealkylation sites (tertiary alicyclic amines) is 1. The lowest BCUT2D eigenvalue weighted by atomic mass is 10.1. The SMILES string of the molecule is Cc1ccc(-n2c(-c3ccccc3)cc(C(=O)NCC[NH+]3CCCC3)c2C)cc1. The highest BCUT2D eigenvalue weighted by atomic mass is 16.1. The Morgan fingerprint density at radius 3 is 2.38 bits per heavy atom. The molecule has 0 saturated carbocycles. The molecule has 4 rings (SSSR count). The quantitative estimate of drug-likeness (QED) is 0.669. The van der Waals surface area contributed by atoms with Crippen LogP contribution in [0.3, 0.4) is 0 Å². The molecule has 150 valence electrons. The molecule has 0 aliphatic carbocycles. The predicted molar refractivity (Wildman–Crippen MR) is 118 cm³/mol. The molecule has 3 aromatic rings. The first-order valence-electron chi connectivity index (χ1n) is 10.6. The third kappa shape index (κ3) is 4.28. The summed E-state index contributed by atoms with van der Waals surface area (Å²) in [6, 6.07) is 20.8. The third-order valence-corrected chi connectivity index (χ3v) is 5.93. The Bertz CT molecular complexity index is 967. The van der Waals surface area contributed by atoms with Crippen molar-refractivity contribution in [1.82, 2.24) is 9.88 Å². The molecule has 0 bridgehead atoms. The Morgan fingerprint density at radius 2 is 1.69 bits per heavy atom. The third-order valence-electron chi connectivity index (χ3n) is 5.93. The van der Waals surface area contributed by atoms with Gasteiger partial charge in [-0.25, -0.2) is 0 Å². The Morgan fingerprint density at radius 1 is 1.00 bits per heavy atom. The predicted octanol–water partition coefficient (Wildman–Crippen LogP) is 3.17. The first kappa shape index (κ1) is 19.5. The van der Waals surface area contributed by atoms with Gasteiger partial charge in [0.25, 0.3) is 5.91 Å². The second-order valence-electron chi connectivity index (χ2n) is 8.03. The highest BCUT2D eigenvalue weighted by Gasteiger charge is 2.20. The largest absolute Gasteiger partial charge is 0.346 e. The summed E-state index contributed by atoms with van der Waals surface area (Å²) in [6.07, 6.45) is 2.62. The molecular formula is C25H30N3O+. The fraction of sp³-hybridized carbons (Fsp3) is 0.320. The lowest BCUT2D eigenvalue weighted by molar-refractivity contribution is -0.886. The van der Waals surface area contributed by atoms with Gasteiger partial charge in [0, 0.05) is 24.2 Å².